The van der Waals surface area contributed by atoms with Gasteiger partial charge in [-0.3, -0.25) is 4.90 Å². The van der Waals surface area contributed by atoms with Gasteiger partial charge >= 0.3 is 0 Å². The number of piperazine rings is 1. The molecule has 1 aliphatic rings. The molecule has 0 bridgehead atoms. The lowest BCUT2D eigenvalue weighted by Crippen LogP contribution is -2.45. The molecular formula is C19H24ClFN2O2. The maximum atomic E-state index is 13.6. The average Bonchev–Trinajstić information content (AvgIpc) is 2.61. The highest BCUT2D eigenvalue weighted by molar-refractivity contribution is 5.85. The van der Waals surface area contributed by atoms with E-state index in [1.54, 1.807) is 26.4 Å². The fraction of sp³-hybridized carbons (Fsp3) is 0.368. The molecule has 0 radical (unpaired) electrons. The third kappa shape index (κ3) is 4.84. The van der Waals surface area contributed by atoms with Crippen LogP contribution in [-0.2, 0) is 6.54 Å². The van der Waals surface area contributed by atoms with Crippen LogP contribution in [-0.4, -0.2) is 38.8 Å². The first-order valence-electron chi connectivity index (χ1n) is 8.12. The molecule has 1 atom stereocenters. The van der Waals surface area contributed by atoms with E-state index in [4.69, 9.17) is 9.47 Å². The predicted molar refractivity (Wildman–Crippen MR) is 99.2 cm³/mol. The number of hydrogen-bond donors (Lipinski definition) is 1. The second-order valence-corrected chi connectivity index (χ2v) is 5.97. The molecule has 0 saturated carbocycles. The summed E-state index contributed by atoms with van der Waals surface area (Å²) in [7, 11) is 3.30. The zero-order chi connectivity index (χ0) is 16.9. The zero-order valence-corrected chi connectivity index (χ0v) is 15.3. The van der Waals surface area contributed by atoms with E-state index in [0.29, 0.717) is 0 Å². The summed E-state index contributed by atoms with van der Waals surface area (Å²) in [5.74, 6) is 1.37. The van der Waals surface area contributed by atoms with Crippen LogP contribution in [0.2, 0.25) is 0 Å². The number of nitrogens with zero attached hydrogens (tertiary/aromatic N) is 1. The van der Waals surface area contributed by atoms with E-state index in [2.05, 4.69) is 10.2 Å². The zero-order valence-electron chi connectivity index (χ0n) is 14.5. The molecule has 3 rings (SSSR count). The van der Waals surface area contributed by atoms with Crippen LogP contribution in [0.4, 0.5) is 4.39 Å². The molecule has 1 heterocycles. The van der Waals surface area contributed by atoms with Crippen LogP contribution in [0.25, 0.3) is 0 Å². The molecule has 6 heteroatoms. The van der Waals surface area contributed by atoms with Crippen LogP contribution < -0.4 is 14.8 Å². The van der Waals surface area contributed by atoms with E-state index in [-0.39, 0.29) is 24.3 Å². The highest BCUT2D eigenvalue weighted by Gasteiger charge is 2.24. The summed E-state index contributed by atoms with van der Waals surface area (Å²) in [6, 6.07) is 12.9. The minimum Gasteiger partial charge on any atom is -0.497 e. The van der Waals surface area contributed by atoms with Crippen LogP contribution in [0.3, 0.4) is 0 Å². The molecule has 0 amide bonds. The third-order valence-electron chi connectivity index (χ3n) is 4.38. The van der Waals surface area contributed by atoms with Crippen molar-refractivity contribution < 1.29 is 13.9 Å². The Morgan fingerprint density at radius 2 is 1.84 bits per heavy atom. The van der Waals surface area contributed by atoms with Gasteiger partial charge in [-0.2, -0.15) is 0 Å². The lowest BCUT2D eigenvalue weighted by atomic mass is 10.0. The first kappa shape index (κ1) is 19.5. The summed E-state index contributed by atoms with van der Waals surface area (Å²) in [6.45, 7) is 3.40. The van der Waals surface area contributed by atoms with E-state index in [1.807, 2.05) is 24.3 Å². The van der Waals surface area contributed by atoms with Crippen LogP contribution >= 0.6 is 12.4 Å². The Balaban J connectivity index is 0.00000225. The molecule has 0 aromatic heterocycles. The Kier molecular flexibility index (Phi) is 7.05. The third-order valence-corrected chi connectivity index (χ3v) is 4.38. The minimum absolute atomic E-state index is 0. The van der Waals surface area contributed by atoms with Crippen LogP contribution in [0.1, 0.15) is 17.2 Å². The predicted octanol–water partition coefficient (Wildman–Crippen LogP) is 3.41. The Labute approximate surface area is 154 Å². The van der Waals surface area contributed by atoms with Gasteiger partial charge in [-0.05, 0) is 35.4 Å². The van der Waals surface area contributed by atoms with Crippen molar-refractivity contribution in [3.05, 3.63) is 59.4 Å². The molecule has 2 aromatic carbocycles. The molecule has 136 valence electrons. The van der Waals surface area contributed by atoms with Gasteiger partial charge in [0.2, 0.25) is 0 Å². The van der Waals surface area contributed by atoms with E-state index >= 15 is 0 Å². The van der Waals surface area contributed by atoms with Gasteiger partial charge in [-0.15, -0.1) is 12.4 Å². The molecule has 1 unspecified atom stereocenters. The van der Waals surface area contributed by atoms with Crippen molar-refractivity contribution in [2.24, 2.45) is 0 Å². The maximum absolute atomic E-state index is 13.6. The van der Waals surface area contributed by atoms with E-state index in [1.165, 1.54) is 6.07 Å². The standard InChI is InChI=1S/C19H23FN2O2.ClH/c1-23-17-8-14(9-18(11-17)24-2)13-22-7-6-21-12-19(22)15-4-3-5-16(20)10-15;/h3-5,8-11,19,21H,6-7,12-13H2,1-2H3;1H. The van der Waals surface area contributed by atoms with Crippen molar-refractivity contribution in [2.75, 3.05) is 33.9 Å². The topological polar surface area (TPSA) is 33.7 Å². The maximum Gasteiger partial charge on any atom is 0.123 e. The highest BCUT2D eigenvalue weighted by atomic mass is 35.5. The Hall–Kier alpha value is -1.82. The van der Waals surface area contributed by atoms with Crippen LogP contribution in [0.15, 0.2) is 42.5 Å². The number of ether oxygens (including phenoxy) is 2. The fourth-order valence-corrected chi connectivity index (χ4v) is 3.17. The number of nitrogens with one attached hydrogen (secondary N) is 1. The number of benzene rings is 2. The van der Waals surface area contributed by atoms with Crippen molar-refractivity contribution in [3.8, 4) is 11.5 Å². The number of hydrogen-bond acceptors (Lipinski definition) is 4. The molecule has 1 N–H and O–H groups in total. The summed E-state index contributed by atoms with van der Waals surface area (Å²) in [5.41, 5.74) is 2.12. The second-order valence-electron chi connectivity index (χ2n) is 5.97. The minimum atomic E-state index is -0.193. The first-order valence-corrected chi connectivity index (χ1v) is 8.12. The SMILES string of the molecule is COc1cc(CN2CCNCC2c2cccc(F)c2)cc(OC)c1.Cl. The fourth-order valence-electron chi connectivity index (χ4n) is 3.17. The van der Waals surface area contributed by atoms with Gasteiger partial charge in [0, 0.05) is 38.3 Å². The quantitative estimate of drug-likeness (QED) is 0.879. The van der Waals surface area contributed by atoms with Crippen molar-refractivity contribution in [1.82, 2.24) is 10.2 Å². The van der Waals surface area contributed by atoms with Gasteiger partial charge in [0.05, 0.1) is 14.2 Å². The number of methoxy groups -OCH3 is 2. The highest BCUT2D eigenvalue weighted by Crippen LogP contribution is 2.28. The Morgan fingerprint density at radius 1 is 1.12 bits per heavy atom. The van der Waals surface area contributed by atoms with Gasteiger partial charge in [-0.25, -0.2) is 4.39 Å². The Bertz CT molecular complexity index is 677. The van der Waals surface area contributed by atoms with Crippen molar-refractivity contribution in [1.29, 1.82) is 0 Å². The number of halogens is 2. The van der Waals surface area contributed by atoms with Gasteiger partial charge in [0.1, 0.15) is 17.3 Å². The van der Waals surface area contributed by atoms with Gasteiger partial charge in [0.15, 0.2) is 0 Å². The largest absolute Gasteiger partial charge is 0.497 e. The molecule has 0 aliphatic carbocycles. The molecular weight excluding hydrogens is 343 g/mol. The number of rotatable bonds is 5. The monoisotopic (exact) mass is 366 g/mol. The summed E-state index contributed by atoms with van der Waals surface area (Å²) in [6.07, 6.45) is 0. The molecule has 4 nitrogen and oxygen atoms in total. The normalized spacial score (nSPS) is 17.6. The summed E-state index contributed by atoms with van der Waals surface area (Å²) in [5, 5.41) is 3.40. The molecule has 0 spiro atoms. The van der Waals surface area contributed by atoms with Crippen molar-refractivity contribution in [2.45, 2.75) is 12.6 Å². The summed E-state index contributed by atoms with van der Waals surface area (Å²) in [4.78, 5) is 2.36. The second kappa shape index (κ2) is 9.04. The molecule has 1 aliphatic heterocycles. The summed E-state index contributed by atoms with van der Waals surface area (Å²) >= 11 is 0. The smallest absolute Gasteiger partial charge is 0.123 e. The lowest BCUT2D eigenvalue weighted by Gasteiger charge is -2.36. The van der Waals surface area contributed by atoms with Crippen molar-refractivity contribution in [3.63, 3.8) is 0 Å². The summed E-state index contributed by atoms with van der Waals surface area (Å²) < 4.78 is 24.3. The van der Waals surface area contributed by atoms with E-state index < -0.39 is 0 Å². The van der Waals surface area contributed by atoms with Gasteiger partial charge < -0.3 is 14.8 Å². The van der Waals surface area contributed by atoms with Gasteiger partial charge in [0.25, 0.3) is 0 Å². The Morgan fingerprint density at radius 3 is 2.48 bits per heavy atom. The van der Waals surface area contributed by atoms with Crippen molar-refractivity contribution >= 4 is 12.4 Å². The molecule has 1 saturated heterocycles. The van der Waals surface area contributed by atoms with Crippen LogP contribution in [0, 0.1) is 5.82 Å². The molecule has 1 fully saturated rings. The lowest BCUT2D eigenvalue weighted by molar-refractivity contribution is 0.153. The molecule has 25 heavy (non-hydrogen) atoms. The van der Waals surface area contributed by atoms with Crippen LogP contribution in [0.5, 0.6) is 11.5 Å². The molecule has 2 aromatic rings. The van der Waals surface area contributed by atoms with Gasteiger partial charge in [-0.1, -0.05) is 12.1 Å². The first-order chi connectivity index (χ1) is 11.7. The average molecular weight is 367 g/mol. The van der Waals surface area contributed by atoms with E-state index in [0.717, 1.165) is 48.8 Å². The van der Waals surface area contributed by atoms with E-state index in [9.17, 15) is 4.39 Å².